The first kappa shape index (κ1) is 21.1. The number of carbonyl (C=O) groups is 1. The number of hydrogen-bond donors (Lipinski definition) is 0. The summed E-state index contributed by atoms with van der Waals surface area (Å²) < 4.78 is 20.8. The normalized spacial score (nSPS) is 10.9. The Morgan fingerprint density at radius 1 is 1.14 bits per heavy atom. The number of rotatable bonds is 9. The highest BCUT2D eigenvalue weighted by atomic mass is 35.5. The van der Waals surface area contributed by atoms with Crippen LogP contribution < -0.4 is 0 Å². The van der Waals surface area contributed by atoms with Crippen LogP contribution in [0.1, 0.15) is 28.0 Å². The van der Waals surface area contributed by atoms with E-state index in [1.807, 2.05) is 42.6 Å². The SMILES string of the molecule is COCCCN(Cc1cccn1Cc1cccc(Cl)c1)C(=O)c1cccc(F)c1. The molecule has 0 spiro atoms. The zero-order valence-corrected chi connectivity index (χ0v) is 17.1. The van der Waals surface area contributed by atoms with Crippen LogP contribution in [0.3, 0.4) is 0 Å². The molecule has 1 aromatic heterocycles. The lowest BCUT2D eigenvalue weighted by molar-refractivity contribution is 0.0719. The Labute approximate surface area is 175 Å². The van der Waals surface area contributed by atoms with Crippen molar-refractivity contribution in [3.63, 3.8) is 0 Å². The van der Waals surface area contributed by atoms with Gasteiger partial charge in [0.2, 0.25) is 0 Å². The molecule has 0 saturated carbocycles. The minimum Gasteiger partial charge on any atom is -0.385 e. The number of halogens is 2. The monoisotopic (exact) mass is 414 g/mol. The Balaban J connectivity index is 1.79. The second-order valence-electron chi connectivity index (χ2n) is 6.84. The molecule has 29 heavy (non-hydrogen) atoms. The zero-order valence-electron chi connectivity index (χ0n) is 16.4. The molecule has 6 heteroatoms. The highest BCUT2D eigenvalue weighted by molar-refractivity contribution is 6.30. The zero-order chi connectivity index (χ0) is 20.6. The van der Waals surface area contributed by atoms with Gasteiger partial charge in [-0.2, -0.15) is 0 Å². The molecule has 3 rings (SSSR count). The van der Waals surface area contributed by atoms with Gasteiger partial charge >= 0.3 is 0 Å². The van der Waals surface area contributed by atoms with Crippen LogP contribution in [0.5, 0.6) is 0 Å². The van der Waals surface area contributed by atoms with E-state index in [0.29, 0.717) is 43.2 Å². The van der Waals surface area contributed by atoms with Crippen LogP contribution in [-0.4, -0.2) is 35.6 Å². The Kier molecular flexibility index (Phi) is 7.44. The summed E-state index contributed by atoms with van der Waals surface area (Å²) in [5.41, 5.74) is 2.42. The number of methoxy groups -OCH3 is 1. The minimum atomic E-state index is -0.419. The molecule has 0 bridgehead atoms. The average molecular weight is 415 g/mol. The third-order valence-corrected chi connectivity index (χ3v) is 4.89. The number of hydrogen-bond acceptors (Lipinski definition) is 2. The first-order valence-electron chi connectivity index (χ1n) is 9.49. The van der Waals surface area contributed by atoms with Crippen molar-refractivity contribution in [3.05, 3.63) is 94.5 Å². The average Bonchev–Trinajstić information content (AvgIpc) is 3.13. The van der Waals surface area contributed by atoms with Gasteiger partial charge in [0.1, 0.15) is 5.82 Å². The Morgan fingerprint density at radius 3 is 2.72 bits per heavy atom. The molecule has 0 aliphatic rings. The Bertz CT molecular complexity index is 957. The molecule has 0 unspecified atom stereocenters. The van der Waals surface area contributed by atoms with Crippen molar-refractivity contribution in [1.29, 1.82) is 0 Å². The topological polar surface area (TPSA) is 34.5 Å². The van der Waals surface area contributed by atoms with Gasteiger partial charge in [-0.25, -0.2) is 4.39 Å². The third kappa shape index (κ3) is 5.92. The molecule has 0 atom stereocenters. The molecule has 0 radical (unpaired) electrons. The van der Waals surface area contributed by atoms with Gasteiger partial charge in [0, 0.05) is 49.3 Å². The standard InChI is InChI=1S/C23H24ClFN2O2/c1-29-13-5-12-27(23(28)19-7-3-9-21(25)15-19)17-22-10-4-11-26(22)16-18-6-2-8-20(24)14-18/h2-4,6-11,14-15H,5,12-13,16-17H2,1H3. The Morgan fingerprint density at radius 2 is 1.97 bits per heavy atom. The summed E-state index contributed by atoms with van der Waals surface area (Å²) in [6.07, 6.45) is 2.68. The fraction of sp³-hybridized carbons (Fsp3) is 0.261. The van der Waals surface area contributed by atoms with Crippen LogP contribution in [0.2, 0.25) is 5.02 Å². The molecular formula is C23H24ClFN2O2. The highest BCUT2D eigenvalue weighted by Crippen LogP contribution is 2.16. The molecule has 0 N–H and O–H groups in total. The van der Waals surface area contributed by atoms with Crippen molar-refractivity contribution >= 4 is 17.5 Å². The summed E-state index contributed by atoms with van der Waals surface area (Å²) in [6.45, 7) is 2.15. The number of ether oxygens (including phenoxy) is 1. The fourth-order valence-electron chi connectivity index (χ4n) is 3.23. The van der Waals surface area contributed by atoms with Crippen molar-refractivity contribution < 1.29 is 13.9 Å². The lowest BCUT2D eigenvalue weighted by Crippen LogP contribution is -2.33. The first-order chi connectivity index (χ1) is 14.1. The van der Waals surface area contributed by atoms with Crippen molar-refractivity contribution in [1.82, 2.24) is 9.47 Å². The van der Waals surface area contributed by atoms with E-state index < -0.39 is 5.82 Å². The number of carbonyl (C=O) groups excluding carboxylic acids is 1. The van der Waals surface area contributed by atoms with Gasteiger partial charge in [-0.15, -0.1) is 0 Å². The number of nitrogens with zero attached hydrogens (tertiary/aromatic N) is 2. The van der Waals surface area contributed by atoms with Crippen molar-refractivity contribution in [2.24, 2.45) is 0 Å². The smallest absolute Gasteiger partial charge is 0.254 e. The van der Waals surface area contributed by atoms with Gasteiger partial charge in [-0.3, -0.25) is 4.79 Å². The molecule has 1 heterocycles. The molecule has 2 aromatic carbocycles. The molecule has 152 valence electrons. The largest absolute Gasteiger partial charge is 0.385 e. The summed E-state index contributed by atoms with van der Waals surface area (Å²) in [6, 6.07) is 17.5. The van der Waals surface area contributed by atoms with E-state index in [1.54, 1.807) is 24.1 Å². The number of aromatic nitrogens is 1. The van der Waals surface area contributed by atoms with Crippen molar-refractivity contribution in [3.8, 4) is 0 Å². The van der Waals surface area contributed by atoms with Crippen LogP contribution in [0, 0.1) is 5.82 Å². The quantitative estimate of drug-likeness (QED) is 0.461. The van der Waals surface area contributed by atoms with Crippen LogP contribution in [0.25, 0.3) is 0 Å². The molecule has 0 aliphatic heterocycles. The van der Waals surface area contributed by atoms with Gasteiger partial charge < -0.3 is 14.2 Å². The second kappa shape index (κ2) is 10.2. The summed E-state index contributed by atoms with van der Waals surface area (Å²) in [7, 11) is 1.63. The fourth-order valence-corrected chi connectivity index (χ4v) is 3.44. The predicted molar refractivity (Wildman–Crippen MR) is 113 cm³/mol. The van der Waals surface area contributed by atoms with Crippen LogP contribution in [-0.2, 0) is 17.8 Å². The second-order valence-corrected chi connectivity index (χ2v) is 7.28. The van der Waals surface area contributed by atoms with E-state index in [-0.39, 0.29) is 5.91 Å². The highest BCUT2D eigenvalue weighted by Gasteiger charge is 2.18. The number of benzene rings is 2. The molecule has 1 amide bonds. The van der Waals surface area contributed by atoms with Crippen molar-refractivity contribution in [2.45, 2.75) is 19.5 Å². The van der Waals surface area contributed by atoms with E-state index in [2.05, 4.69) is 4.57 Å². The summed E-state index contributed by atoms with van der Waals surface area (Å²) in [5, 5.41) is 0.693. The Hall–Kier alpha value is -2.63. The molecule has 0 saturated heterocycles. The predicted octanol–water partition coefficient (Wildman–Crippen LogP) is 5.01. The minimum absolute atomic E-state index is 0.198. The lowest BCUT2D eigenvalue weighted by Gasteiger charge is -2.24. The van der Waals surface area contributed by atoms with Crippen LogP contribution >= 0.6 is 11.6 Å². The van der Waals surface area contributed by atoms with E-state index in [1.165, 1.54) is 12.1 Å². The maximum absolute atomic E-state index is 13.6. The first-order valence-corrected chi connectivity index (χ1v) is 9.87. The molecule has 0 fully saturated rings. The van der Waals surface area contributed by atoms with Gasteiger partial charge in [0.15, 0.2) is 0 Å². The van der Waals surface area contributed by atoms with Gasteiger partial charge in [0.25, 0.3) is 5.91 Å². The van der Waals surface area contributed by atoms with Crippen LogP contribution in [0.4, 0.5) is 4.39 Å². The van der Waals surface area contributed by atoms with E-state index in [9.17, 15) is 9.18 Å². The molecular weight excluding hydrogens is 391 g/mol. The van der Waals surface area contributed by atoms with Gasteiger partial charge in [-0.1, -0.05) is 29.8 Å². The summed E-state index contributed by atoms with van der Waals surface area (Å²) in [5.74, 6) is -0.617. The summed E-state index contributed by atoms with van der Waals surface area (Å²) >= 11 is 6.10. The van der Waals surface area contributed by atoms with Crippen molar-refractivity contribution in [2.75, 3.05) is 20.3 Å². The maximum Gasteiger partial charge on any atom is 0.254 e. The third-order valence-electron chi connectivity index (χ3n) is 4.65. The lowest BCUT2D eigenvalue weighted by atomic mass is 10.1. The number of amides is 1. The van der Waals surface area contributed by atoms with E-state index in [4.69, 9.17) is 16.3 Å². The van der Waals surface area contributed by atoms with Gasteiger partial charge in [-0.05, 0) is 54.4 Å². The molecule has 4 nitrogen and oxygen atoms in total. The van der Waals surface area contributed by atoms with E-state index >= 15 is 0 Å². The van der Waals surface area contributed by atoms with E-state index in [0.717, 1.165) is 11.3 Å². The molecule has 3 aromatic rings. The maximum atomic E-state index is 13.6. The molecule has 0 aliphatic carbocycles. The van der Waals surface area contributed by atoms with Crippen LogP contribution in [0.15, 0.2) is 66.9 Å². The van der Waals surface area contributed by atoms with Gasteiger partial charge in [0.05, 0.1) is 6.54 Å². The summed E-state index contributed by atoms with van der Waals surface area (Å²) in [4.78, 5) is 14.8.